The molecule has 1 spiro atoms. The molecule has 9 rings (SSSR count). The third-order valence-electron chi connectivity index (χ3n) is 8.81. The molecule has 7 aromatic rings. The van der Waals surface area contributed by atoms with Crippen LogP contribution in [0.4, 0.5) is 0 Å². The van der Waals surface area contributed by atoms with Crippen LogP contribution in [0.3, 0.4) is 0 Å². The fraction of sp³-hybridized carbons (Fsp3) is 0.0263. The predicted molar refractivity (Wildman–Crippen MR) is 166 cm³/mol. The average Bonchev–Trinajstić information content (AvgIpc) is 3.68. The van der Waals surface area contributed by atoms with E-state index in [9.17, 15) is 0 Å². The van der Waals surface area contributed by atoms with Crippen molar-refractivity contribution >= 4 is 22.7 Å². The van der Waals surface area contributed by atoms with Crippen molar-refractivity contribution in [3.63, 3.8) is 0 Å². The second kappa shape index (κ2) is 8.30. The van der Waals surface area contributed by atoms with E-state index in [4.69, 9.17) is 21.0 Å². The van der Waals surface area contributed by atoms with E-state index >= 15 is 0 Å². The van der Waals surface area contributed by atoms with Crippen LogP contribution in [0.2, 0.25) is 5.02 Å². The van der Waals surface area contributed by atoms with E-state index in [1.54, 1.807) is 0 Å². The number of oxazole rings is 1. The Morgan fingerprint density at radius 1 is 0.512 bits per heavy atom. The minimum absolute atomic E-state index is 0.354. The van der Waals surface area contributed by atoms with Crippen molar-refractivity contribution in [3.05, 3.63) is 161 Å². The summed E-state index contributed by atoms with van der Waals surface area (Å²) in [7, 11) is 0. The molecule has 2 aliphatic carbocycles. The molecule has 6 aromatic carbocycles. The van der Waals surface area contributed by atoms with Crippen molar-refractivity contribution in [1.82, 2.24) is 4.98 Å². The Balaban J connectivity index is 1.30. The molecule has 2 nitrogen and oxygen atoms in total. The topological polar surface area (TPSA) is 26.0 Å². The monoisotopic (exact) mass is 543 g/mol. The number of halogens is 1. The van der Waals surface area contributed by atoms with Gasteiger partial charge in [-0.2, -0.15) is 0 Å². The zero-order chi connectivity index (χ0) is 27.1. The third-order valence-corrected chi connectivity index (χ3v) is 9.06. The Labute approximate surface area is 242 Å². The van der Waals surface area contributed by atoms with E-state index < -0.39 is 0 Å². The Hall–Kier alpha value is -4.92. The van der Waals surface area contributed by atoms with Gasteiger partial charge in [0.1, 0.15) is 5.52 Å². The summed E-state index contributed by atoms with van der Waals surface area (Å²) in [6, 6.07) is 47.4. The molecule has 0 radical (unpaired) electrons. The highest BCUT2D eigenvalue weighted by molar-refractivity contribution is 6.30. The van der Waals surface area contributed by atoms with Crippen LogP contribution in [0.5, 0.6) is 0 Å². The van der Waals surface area contributed by atoms with Gasteiger partial charge in [0.05, 0.1) is 5.41 Å². The highest BCUT2D eigenvalue weighted by Crippen LogP contribution is 2.63. The second-order valence-electron chi connectivity index (χ2n) is 10.8. The Kier molecular flexibility index (Phi) is 4.62. The lowest BCUT2D eigenvalue weighted by atomic mass is 9.70. The summed E-state index contributed by atoms with van der Waals surface area (Å²) in [6.45, 7) is 0. The lowest BCUT2D eigenvalue weighted by Gasteiger charge is -2.30. The maximum absolute atomic E-state index is 6.28. The van der Waals surface area contributed by atoms with Crippen molar-refractivity contribution in [2.75, 3.05) is 0 Å². The number of aromatic nitrogens is 1. The fourth-order valence-corrected chi connectivity index (χ4v) is 7.32. The first-order chi connectivity index (χ1) is 20.2. The van der Waals surface area contributed by atoms with Crippen LogP contribution in [0, 0.1) is 0 Å². The van der Waals surface area contributed by atoms with Gasteiger partial charge in [-0.3, -0.25) is 0 Å². The quantitative estimate of drug-likeness (QED) is 0.217. The smallest absolute Gasteiger partial charge is 0.227 e. The SMILES string of the molecule is Clc1ccc(-c2nc3ccc(-c4cccc5c4-c4ccccc4C54c5ccccc5-c5ccccc54)cc3o2)cc1. The molecule has 0 N–H and O–H groups in total. The van der Waals surface area contributed by atoms with Gasteiger partial charge < -0.3 is 4.42 Å². The summed E-state index contributed by atoms with van der Waals surface area (Å²) in [5, 5.41) is 0.690. The summed E-state index contributed by atoms with van der Waals surface area (Å²) in [6.07, 6.45) is 0. The molecule has 0 aliphatic heterocycles. The van der Waals surface area contributed by atoms with Crippen molar-refractivity contribution in [3.8, 4) is 44.8 Å². The van der Waals surface area contributed by atoms with Crippen LogP contribution in [-0.4, -0.2) is 4.98 Å². The molecular weight excluding hydrogens is 522 g/mol. The summed E-state index contributed by atoms with van der Waals surface area (Å²) in [4.78, 5) is 4.75. The van der Waals surface area contributed by atoms with Gasteiger partial charge in [0, 0.05) is 10.6 Å². The highest BCUT2D eigenvalue weighted by atomic mass is 35.5. The highest BCUT2D eigenvalue weighted by Gasteiger charge is 2.51. The largest absolute Gasteiger partial charge is 0.436 e. The van der Waals surface area contributed by atoms with Crippen LogP contribution in [0.1, 0.15) is 22.3 Å². The van der Waals surface area contributed by atoms with Crippen molar-refractivity contribution in [1.29, 1.82) is 0 Å². The summed E-state index contributed by atoms with van der Waals surface area (Å²) < 4.78 is 6.28. The number of rotatable bonds is 2. The maximum Gasteiger partial charge on any atom is 0.227 e. The first kappa shape index (κ1) is 22.9. The summed E-state index contributed by atoms with van der Waals surface area (Å²) in [5.74, 6) is 0.593. The Bertz CT molecular complexity index is 2130. The molecule has 0 bridgehead atoms. The molecule has 3 heteroatoms. The van der Waals surface area contributed by atoms with Gasteiger partial charge in [-0.05, 0) is 92.0 Å². The van der Waals surface area contributed by atoms with Crippen LogP contribution < -0.4 is 0 Å². The van der Waals surface area contributed by atoms with Crippen LogP contribution in [-0.2, 0) is 5.41 Å². The van der Waals surface area contributed by atoms with Crippen molar-refractivity contribution < 1.29 is 4.42 Å². The molecule has 0 fully saturated rings. The summed E-state index contributed by atoms with van der Waals surface area (Å²) >= 11 is 6.10. The van der Waals surface area contributed by atoms with Gasteiger partial charge in [0.25, 0.3) is 0 Å². The van der Waals surface area contributed by atoms with Gasteiger partial charge in [-0.25, -0.2) is 4.98 Å². The molecule has 0 amide bonds. The molecule has 0 atom stereocenters. The Morgan fingerprint density at radius 3 is 1.78 bits per heavy atom. The van der Waals surface area contributed by atoms with E-state index in [2.05, 4.69) is 109 Å². The minimum Gasteiger partial charge on any atom is -0.436 e. The van der Waals surface area contributed by atoms with E-state index in [-0.39, 0.29) is 5.41 Å². The van der Waals surface area contributed by atoms with E-state index in [1.165, 1.54) is 50.1 Å². The first-order valence-electron chi connectivity index (χ1n) is 13.8. The van der Waals surface area contributed by atoms with Crippen LogP contribution >= 0.6 is 11.6 Å². The Morgan fingerprint density at radius 2 is 1.07 bits per heavy atom. The van der Waals surface area contributed by atoms with Gasteiger partial charge in [0.2, 0.25) is 5.89 Å². The summed E-state index contributed by atoms with van der Waals surface area (Å²) in [5.41, 5.74) is 15.0. The number of hydrogen-bond donors (Lipinski definition) is 0. The number of nitrogens with zero attached hydrogens (tertiary/aromatic N) is 1. The van der Waals surface area contributed by atoms with Crippen molar-refractivity contribution in [2.45, 2.75) is 5.41 Å². The standard InChI is InChI=1S/C38H22ClNO/c39-25-19-16-23(17-20-25)37-40-34-21-18-24(22-35(34)41-37)26-11-7-15-33-36(26)29-10-3-6-14-32(29)38(33)30-12-4-1-8-27(30)28-9-2-5-13-31(28)38/h1-22H. The predicted octanol–water partition coefficient (Wildman–Crippen LogP) is 10.2. The van der Waals surface area contributed by atoms with E-state index in [1.807, 2.05) is 24.3 Å². The lowest BCUT2D eigenvalue weighted by Crippen LogP contribution is -2.25. The molecule has 2 aliphatic rings. The molecule has 0 unspecified atom stereocenters. The minimum atomic E-state index is -0.354. The van der Waals surface area contributed by atoms with Gasteiger partial charge in [-0.15, -0.1) is 0 Å². The normalized spacial score (nSPS) is 13.7. The molecule has 0 saturated heterocycles. The molecule has 41 heavy (non-hydrogen) atoms. The molecule has 1 aromatic heterocycles. The zero-order valence-electron chi connectivity index (χ0n) is 21.9. The average molecular weight is 544 g/mol. The third kappa shape index (κ3) is 3.00. The second-order valence-corrected chi connectivity index (χ2v) is 11.3. The molecule has 192 valence electrons. The lowest BCUT2D eigenvalue weighted by molar-refractivity contribution is 0.620. The van der Waals surface area contributed by atoms with Gasteiger partial charge >= 0.3 is 0 Å². The molecule has 0 saturated carbocycles. The van der Waals surface area contributed by atoms with Crippen molar-refractivity contribution in [2.24, 2.45) is 0 Å². The zero-order valence-corrected chi connectivity index (χ0v) is 22.7. The molecular formula is C38H22ClNO. The number of fused-ring (bicyclic) bond motifs is 11. The van der Waals surface area contributed by atoms with Crippen LogP contribution in [0.15, 0.2) is 138 Å². The van der Waals surface area contributed by atoms with Gasteiger partial charge in [-0.1, -0.05) is 109 Å². The first-order valence-corrected chi connectivity index (χ1v) is 14.2. The number of hydrogen-bond acceptors (Lipinski definition) is 2. The van der Waals surface area contributed by atoms with Gasteiger partial charge in [0.15, 0.2) is 5.58 Å². The molecule has 1 heterocycles. The van der Waals surface area contributed by atoms with E-state index in [0.29, 0.717) is 10.9 Å². The number of benzene rings is 6. The maximum atomic E-state index is 6.28. The van der Waals surface area contributed by atoms with E-state index in [0.717, 1.165) is 22.2 Å². The fourth-order valence-electron chi connectivity index (χ4n) is 7.19. The van der Waals surface area contributed by atoms with Crippen LogP contribution in [0.25, 0.3) is 55.9 Å².